The third-order valence-electron chi connectivity index (χ3n) is 8.86. The van der Waals surface area contributed by atoms with E-state index in [1.165, 1.54) is 27.8 Å². The Morgan fingerprint density at radius 2 is 1.24 bits per heavy atom. The number of benzene rings is 1. The predicted octanol–water partition coefficient (Wildman–Crippen LogP) is 9.50. The van der Waals surface area contributed by atoms with E-state index in [0.29, 0.717) is 26.4 Å². The van der Waals surface area contributed by atoms with Crippen molar-refractivity contribution in [1.82, 2.24) is 0 Å². The van der Waals surface area contributed by atoms with Crippen molar-refractivity contribution in [3.63, 3.8) is 0 Å². The van der Waals surface area contributed by atoms with Crippen LogP contribution in [0.4, 0.5) is 0 Å². The van der Waals surface area contributed by atoms with Crippen LogP contribution in [0.15, 0.2) is 60.7 Å². The molecule has 1 aromatic rings. The highest BCUT2D eigenvalue weighted by molar-refractivity contribution is 5.74. The van der Waals surface area contributed by atoms with Crippen molar-refractivity contribution < 1.29 is 23.7 Å². The van der Waals surface area contributed by atoms with Gasteiger partial charge in [0.2, 0.25) is 0 Å². The van der Waals surface area contributed by atoms with Crippen molar-refractivity contribution in [2.45, 2.75) is 123 Å². The van der Waals surface area contributed by atoms with E-state index in [0.717, 1.165) is 70.0 Å². The van der Waals surface area contributed by atoms with Gasteiger partial charge < -0.3 is 23.7 Å². The minimum atomic E-state index is -0.282. The molecule has 1 aromatic carbocycles. The molecular formula is C40H58O5. The van der Waals surface area contributed by atoms with Crippen LogP contribution in [0.25, 0.3) is 11.1 Å². The molecule has 5 nitrogen and oxygen atoms in total. The maximum absolute atomic E-state index is 7.01. The second-order valence-electron chi connectivity index (χ2n) is 12.6. The van der Waals surface area contributed by atoms with E-state index in [1.54, 1.807) is 0 Å². The van der Waals surface area contributed by atoms with E-state index in [-0.39, 0.29) is 30.5 Å². The second-order valence-corrected chi connectivity index (χ2v) is 12.6. The highest BCUT2D eigenvalue weighted by atomic mass is 16.6. The molecule has 45 heavy (non-hydrogen) atoms. The normalized spacial score (nSPS) is 21.8. The largest absolute Gasteiger partial charge is 0.379 e. The highest BCUT2D eigenvalue weighted by Crippen LogP contribution is 2.39. The van der Waals surface area contributed by atoms with E-state index >= 15 is 0 Å². The Morgan fingerprint density at radius 3 is 1.93 bits per heavy atom. The molecule has 0 aromatic heterocycles. The molecule has 1 heterocycles. The summed E-state index contributed by atoms with van der Waals surface area (Å²) < 4.78 is 33.2. The molecule has 0 spiro atoms. The summed E-state index contributed by atoms with van der Waals surface area (Å²) in [5, 5.41) is 0. The Hall–Kier alpha value is -2.28. The molecule has 0 unspecified atom stereocenters. The molecule has 1 saturated heterocycles. The summed E-state index contributed by atoms with van der Waals surface area (Å²) in [5.74, 6) is 0. The summed E-state index contributed by atoms with van der Waals surface area (Å²) in [6, 6.07) is 22.1. The van der Waals surface area contributed by atoms with Crippen LogP contribution >= 0.6 is 0 Å². The lowest BCUT2D eigenvalue weighted by molar-refractivity contribution is -0.268. The second kappa shape index (κ2) is 19.4. The van der Waals surface area contributed by atoms with E-state index in [4.69, 9.17) is 23.7 Å². The van der Waals surface area contributed by atoms with Crippen molar-refractivity contribution in [1.29, 1.82) is 0 Å². The van der Waals surface area contributed by atoms with Crippen LogP contribution in [0.3, 0.4) is 0 Å². The number of fused-ring (bicyclic) bond motifs is 1. The predicted molar refractivity (Wildman–Crippen MR) is 184 cm³/mol. The van der Waals surface area contributed by atoms with Gasteiger partial charge in [-0.15, -0.1) is 0 Å². The van der Waals surface area contributed by atoms with Crippen LogP contribution in [-0.2, 0) is 30.1 Å². The molecule has 5 atom stereocenters. The molecule has 1 fully saturated rings. The van der Waals surface area contributed by atoms with Crippen LogP contribution in [0.1, 0.15) is 107 Å². The SMILES string of the molecule is CCCCOC[C@H]1O[C@@H](c2cccc(Cc3cc(C)c4cccccc3-4)c2)[C@H](OCCCC)[C@@H](OCCCC)[C@@H]1OCCCC. The molecule has 0 saturated carbocycles. The quantitative estimate of drug-likeness (QED) is 0.118. The zero-order valence-corrected chi connectivity index (χ0v) is 28.6. The standard InChI is InChI=1S/C40H58O5/c1-6-10-22-41-29-36-38(42-23-11-7-2)40(44-25-13-9-4)39(43-24-12-8-3)37(45-36)32-19-17-18-31(27-32)28-33-26-30(5)34-20-15-14-16-21-35(33)34/h14-21,26-27,36-40H,6-13,22-25,28-29H2,1-5H3/t36-,37+,38-,39+,40+/m1/s1. The van der Waals surface area contributed by atoms with Gasteiger partial charge in [0.1, 0.15) is 30.5 Å². The third-order valence-corrected chi connectivity index (χ3v) is 8.86. The summed E-state index contributed by atoms with van der Waals surface area (Å²) in [6.45, 7) is 14.2. The van der Waals surface area contributed by atoms with Gasteiger partial charge in [-0.2, -0.15) is 0 Å². The van der Waals surface area contributed by atoms with E-state index in [2.05, 4.69) is 95.3 Å². The average Bonchev–Trinajstić information content (AvgIpc) is 3.19. The van der Waals surface area contributed by atoms with E-state index in [9.17, 15) is 0 Å². The van der Waals surface area contributed by atoms with Gasteiger partial charge in [0.05, 0.1) is 6.61 Å². The first-order valence-electron chi connectivity index (χ1n) is 17.7. The number of aryl methyl sites for hydroxylation is 1. The topological polar surface area (TPSA) is 46.2 Å². The van der Waals surface area contributed by atoms with Crippen molar-refractivity contribution in [3.8, 4) is 11.1 Å². The van der Waals surface area contributed by atoms with Gasteiger partial charge in [-0.05, 0) is 72.4 Å². The summed E-state index contributed by atoms with van der Waals surface area (Å²) >= 11 is 0. The lowest BCUT2D eigenvalue weighted by atomic mass is 9.89. The molecule has 0 amide bonds. The van der Waals surface area contributed by atoms with Crippen molar-refractivity contribution in [2.24, 2.45) is 0 Å². The first-order chi connectivity index (χ1) is 22.1. The molecule has 0 bridgehead atoms. The first kappa shape index (κ1) is 35.6. The van der Waals surface area contributed by atoms with E-state index < -0.39 is 0 Å². The van der Waals surface area contributed by atoms with Crippen molar-refractivity contribution in [3.05, 3.63) is 82.9 Å². The fourth-order valence-corrected chi connectivity index (χ4v) is 6.26. The number of hydrogen-bond acceptors (Lipinski definition) is 5. The Balaban J connectivity index is 1.67. The molecule has 2 aliphatic carbocycles. The van der Waals surface area contributed by atoms with Gasteiger partial charge in [-0.25, -0.2) is 0 Å². The summed E-state index contributed by atoms with van der Waals surface area (Å²) in [5.41, 5.74) is 7.70. The fraction of sp³-hybridized carbons (Fsp3) is 0.600. The minimum absolute atomic E-state index is 0.242. The fourth-order valence-electron chi connectivity index (χ4n) is 6.26. The van der Waals surface area contributed by atoms with Crippen LogP contribution in [0.5, 0.6) is 0 Å². The van der Waals surface area contributed by atoms with Crippen LogP contribution in [-0.4, -0.2) is 57.5 Å². The lowest BCUT2D eigenvalue weighted by Gasteiger charge is -2.46. The Morgan fingerprint density at radius 1 is 0.622 bits per heavy atom. The molecular weight excluding hydrogens is 560 g/mol. The van der Waals surface area contributed by atoms with Crippen molar-refractivity contribution in [2.75, 3.05) is 33.0 Å². The number of ether oxygens (including phenoxy) is 5. The van der Waals surface area contributed by atoms with Crippen LogP contribution < -0.4 is 0 Å². The molecule has 3 aliphatic rings. The number of rotatable bonds is 20. The van der Waals surface area contributed by atoms with Crippen LogP contribution in [0.2, 0.25) is 0 Å². The molecule has 0 N–H and O–H groups in total. The molecule has 4 rings (SSSR count). The highest BCUT2D eigenvalue weighted by Gasteiger charge is 2.48. The van der Waals surface area contributed by atoms with Gasteiger partial charge in [-0.3, -0.25) is 0 Å². The first-order valence-corrected chi connectivity index (χ1v) is 17.7. The minimum Gasteiger partial charge on any atom is -0.379 e. The average molecular weight is 619 g/mol. The molecule has 5 heteroatoms. The third kappa shape index (κ3) is 10.1. The Kier molecular flexibility index (Phi) is 15.3. The van der Waals surface area contributed by atoms with Crippen LogP contribution in [0, 0.1) is 6.92 Å². The number of hydrogen-bond donors (Lipinski definition) is 0. The van der Waals surface area contributed by atoms with Crippen molar-refractivity contribution >= 4 is 0 Å². The van der Waals surface area contributed by atoms with Gasteiger partial charge in [-0.1, -0.05) is 114 Å². The monoisotopic (exact) mass is 618 g/mol. The smallest absolute Gasteiger partial charge is 0.117 e. The molecule has 248 valence electrons. The lowest BCUT2D eigenvalue weighted by Crippen LogP contribution is -2.58. The number of unbranched alkanes of at least 4 members (excludes halogenated alkanes) is 4. The van der Waals surface area contributed by atoms with Gasteiger partial charge in [0, 0.05) is 26.4 Å². The Bertz CT molecular complexity index is 1210. The molecule has 0 radical (unpaired) electrons. The van der Waals surface area contributed by atoms with Gasteiger partial charge in [0.15, 0.2) is 0 Å². The zero-order valence-electron chi connectivity index (χ0n) is 28.6. The van der Waals surface area contributed by atoms with Gasteiger partial charge in [0.25, 0.3) is 0 Å². The van der Waals surface area contributed by atoms with Gasteiger partial charge >= 0.3 is 0 Å². The summed E-state index contributed by atoms with van der Waals surface area (Å²) in [4.78, 5) is 0. The molecule has 1 aliphatic heterocycles. The summed E-state index contributed by atoms with van der Waals surface area (Å²) in [7, 11) is 0. The Labute approximate surface area is 273 Å². The summed E-state index contributed by atoms with van der Waals surface area (Å²) in [6.07, 6.45) is 7.94. The maximum atomic E-state index is 7.01. The maximum Gasteiger partial charge on any atom is 0.117 e. The van der Waals surface area contributed by atoms with E-state index in [1.807, 2.05) is 0 Å². The zero-order chi connectivity index (χ0) is 31.9.